The van der Waals surface area contributed by atoms with Crippen LogP contribution in [-0.4, -0.2) is 55.1 Å². The number of nitrogens with two attached hydrogens (primary N) is 1. The van der Waals surface area contributed by atoms with Crippen LogP contribution in [0, 0.1) is 5.92 Å². The number of thiazole rings is 1. The number of aliphatic imine (C=N–C) groups is 1. The first-order valence-electron chi connectivity index (χ1n) is 10.2. The largest absolute Gasteiger partial charge is 0.372 e. The van der Waals surface area contributed by atoms with Gasteiger partial charge >= 0.3 is 0 Å². The summed E-state index contributed by atoms with van der Waals surface area (Å²) in [6.07, 6.45) is 4.44. The lowest BCUT2D eigenvalue weighted by Crippen LogP contribution is -2.51. The van der Waals surface area contributed by atoms with Crippen LogP contribution in [-0.2, 0) is 6.54 Å². The first kappa shape index (κ1) is 19.1. The number of piperidine rings is 1. The molecular weight excluding hydrogens is 368 g/mol. The summed E-state index contributed by atoms with van der Waals surface area (Å²) in [6.45, 7) is 8.97. The van der Waals surface area contributed by atoms with Gasteiger partial charge in [-0.3, -0.25) is 0 Å². The Morgan fingerprint density at radius 3 is 2.43 bits per heavy atom. The molecule has 2 saturated heterocycles. The quantitative estimate of drug-likeness (QED) is 0.634. The van der Waals surface area contributed by atoms with Gasteiger partial charge in [-0.05, 0) is 36.5 Å². The molecule has 1 aromatic heterocycles. The van der Waals surface area contributed by atoms with Gasteiger partial charge in [-0.1, -0.05) is 19.1 Å². The third-order valence-electron chi connectivity index (χ3n) is 5.80. The minimum atomic E-state index is 0.635. The van der Waals surface area contributed by atoms with Crippen molar-refractivity contribution in [2.24, 2.45) is 16.6 Å². The Kier molecular flexibility index (Phi) is 6.00. The summed E-state index contributed by atoms with van der Waals surface area (Å²) < 4.78 is 0. The zero-order valence-electron chi connectivity index (χ0n) is 16.6. The molecule has 0 atom stereocenters. The van der Waals surface area contributed by atoms with Crippen LogP contribution in [0.25, 0.3) is 0 Å². The fourth-order valence-corrected chi connectivity index (χ4v) is 4.55. The molecule has 2 N–H and O–H groups in total. The van der Waals surface area contributed by atoms with Gasteiger partial charge in [0.2, 0.25) is 0 Å². The topological polar surface area (TPSA) is 61.0 Å². The number of hydrogen-bond donors (Lipinski definition) is 1. The number of piperazine rings is 1. The highest BCUT2D eigenvalue weighted by atomic mass is 32.1. The van der Waals surface area contributed by atoms with Gasteiger partial charge in [-0.15, -0.1) is 11.3 Å². The molecule has 2 aromatic rings. The number of anilines is 2. The van der Waals surface area contributed by atoms with Crippen LogP contribution >= 0.6 is 11.3 Å². The Balaban J connectivity index is 1.28. The lowest BCUT2D eigenvalue weighted by Gasteiger charge is -2.35. The molecule has 0 saturated carbocycles. The number of rotatable bonds is 4. The predicted octanol–water partition coefficient (Wildman–Crippen LogP) is 3.02. The molecule has 7 heteroatoms. The van der Waals surface area contributed by atoms with E-state index in [4.69, 9.17) is 5.73 Å². The monoisotopic (exact) mass is 398 g/mol. The molecular formula is C21H30N6S. The summed E-state index contributed by atoms with van der Waals surface area (Å²) in [5.74, 6) is 1.50. The molecule has 0 spiro atoms. The molecule has 0 amide bonds. The molecule has 0 unspecified atom stereocenters. The van der Waals surface area contributed by atoms with Gasteiger partial charge in [0, 0.05) is 56.5 Å². The molecule has 150 valence electrons. The first-order chi connectivity index (χ1) is 13.7. The van der Waals surface area contributed by atoms with E-state index < -0.39 is 0 Å². The van der Waals surface area contributed by atoms with Gasteiger partial charge in [-0.25, -0.2) is 9.98 Å². The molecule has 2 aliphatic rings. The minimum absolute atomic E-state index is 0.635. The van der Waals surface area contributed by atoms with Gasteiger partial charge in [0.25, 0.3) is 0 Å². The smallest absolute Gasteiger partial charge is 0.191 e. The number of hydrogen-bond acceptors (Lipinski definition) is 5. The standard InChI is InChI=1S/C21H30N6S/c1-17-6-9-25(10-7-17)19-4-2-18(3-5-19)16-24-20(22)26-11-13-27(14-12-26)21-23-8-15-28-21/h2-5,8,15,17H,6-7,9-14,16H2,1H3,(H2,22,24). The van der Waals surface area contributed by atoms with E-state index in [2.05, 4.69) is 55.9 Å². The maximum atomic E-state index is 6.26. The Labute approximate surface area is 171 Å². The summed E-state index contributed by atoms with van der Waals surface area (Å²) in [5, 5.41) is 3.12. The van der Waals surface area contributed by atoms with E-state index in [9.17, 15) is 0 Å². The summed E-state index contributed by atoms with van der Waals surface area (Å²) in [5.41, 5.74) is 8.79. The fraction of sp³-hybridized carbons (Fsp3) is 0.524. The Morgan fingerprint density at radius 2 is 1.79 bits per heavy atom. The zero-order valence-corrected chi connectivity index (χ0v) is 17.4. The molecule has 0 aliphatic carbocycles. The van der Waals surface area contributed by atoms with Crippen LogP contribution in [0.2, 0.25) is 0 Å². The Hall–Kier alpha value is -2.28. The van der Waals surface area contributed by atoms with Gasteiger partial charge in [0.05, 0.1) is 6.54 Å². The van der Waals surface area contributed by atoms with E-state index in [1.54, 1.807) is 11.3 Å². The highest BCUT2D eigenvalue weighted by Crippen LogP contribution is 2.23. The van der Waals surface area contributed by atoms with Crippen molar-refractivity contribution in [3.05, 3.63) is 41.4 Å². The van der Waals surface area contributed by atoms with Crippen LogP contribution in [0.5, 0.6) is 0 Å². The second kappa shape index (κ2) is 8.82. The maximum Gasteiger partial charge on any atom is 0.191 e. The van der Waals surface area contributed by atoms with E-state index in [-0.39, 0.29) is 0 Å². The molecule has 4 rings (SSSR count). The van der Waals surface area contributed by atoms with E-state index in [1.165, 1.54) is 37.2 Å². The Bertz CT molecular complexity index is 757. The van der Waals surface area contributed by atoms with Crippen molar-refractivity contribution in [3.8, 4) is 0 Å². The van der Waals surface area contributed by atoms with Crippen LogP contribution in [0.1, 0.15) is 25.3 Å². The summed E-state index contributed by atoms with van der Waals surface area (Å²) in [6, 6.07) is 8.82. The van der Waals surface area contributed by atoms with Crippen molar-refractivity contribution >= 4 is 28.1 Å². The predicted molar refractivity (Wildman–Crippen MR) is 118 cm³/mol. The lowest BCUT2D eigenvalue weighted by atomic mass is 9.99. The minimum Gasteiger partial charge on any atom is -0.372 e. The van der Waals surface area contributed by atoms with Crippen LogP contribution in [0.3, 0.4) is 0 Å². The number of nitrogens with zero attached hydrogens (tertiary/aromatic N) is 5. The summed E-state index contributed by atoms with van der Waals surface area (Å²) >= 11 is 1.69. The SMILES string of the molecule is CC1CCN(c2ccc(CN=C(N)N3CCN(c4nccs4)CC3)cc2)CC1. The summed E-state index contributed by atoms with van der Waals surface area (Å²) in [4.78, 5) is 16.0. The molecule has 0 bridgehead atoms. The second-order valence-electron chi connectivity index (χ2n) is 7.80. The van der Waals surface area contributed by atoms with Crippen molar-refractivity contribution in [1.29, 1.82) is 0 Å². The van der Waals surface area contributed by atoms with Crippen LogP contribution in [0.4, 0.5) is 10.8 Å². The molecule has 1 aromatic carbocycles. The number of benzene rings is 1. The molecule has 2 aliphatic heterocycles. The van der Waals surface area contributed by atoms with E-state index >= 15 is 0 Å². The third-order valence-corrected chi connectivity index (χ3v) is 6.63. The average Bonchev–Trinajstić information content (AvgIpc) is 3.28. The van der Waals surface area contributed by atoms with Crippen molar-refractivity contribution in [2.75, 3.05) is 49.1 Å². The second-order valence-corrected chi connectivity index (χ2v) is 8.67. The van der Waals surface area contributed by atoms with Crippen molar-refractivity contribution in [2.45, 2.75) is 26.3 Å². The zero-order chi connectivity index (χ0) is 19.3. The van der Waals surface area contributed by atoms with E-state index in [0.29, 0.717) is 12.5 Å². The normalized spacial score (nSPS) is 19.3. The number of guanidine groups is 1. The van der Waals surface area contributed by atoms with Crippen molar-refractivity contribution in [3.63, 3.8) is 0 Å². The van der Waals surface area contributed by atoms with Crippen molar-refractivity contribution in [1.82, 2.24) is 9.88 Å². The summed E-state index contributed by atoms with van der Waals surface area (Å²) in [7, 11) is 0. The fourth-order valence-electron chi connectivity index (χ4n) is 3.85. The van der Waals surface area contributed by atoms with Gasteiger partial charge < -0.3 is 20.4 Å². The van der Waals surface area contributed by atoms with Gasteiger partial charge in [0.15, 0.2) is 11.1 Å². The van der Waals surface area contributed by atoms with Crippen LogP contribution in [0.15, 0.2) is 40.8 Å². The van der Waals surface area contributed by atoms with Gasteiger partial charge in [-0.2, -0.15) is 0 Å². The van der Waals surface area contributed by atoms with Crippen LogP contribution < -0.4 is 15.5 Å². The van der Waals surface area contributed by atoms with E-state index in [1.807, 2.05) is 11.6 Å². The molecule has 2 fully saturated rings. The average molecular weight is 399 g/mol. The Morgan fingerprint density at radius 1 is 1.07 bits per heavy atom. The molecule has 6 nitrogen and oxygen atoms in total. The third kappa shape index (κ3) is 4.58. The molecule has 3 heterocycles. The maximum absolute atomic E-state index is 6.26. The molecule has 0 radical (unpaired) electrons. The van der Waals surface area contributed by atoms with Gasteiger partial charge in [0.1, 0.15) is 0 Å². The van der Waals surface area contributed by atoms with Crippen molar-refractivity contribution < 1.29 is 0 Å². The highest BCUT2D eigenvalue weighted by molar-refractivity contribution is 7.13. The van der Waals surface area contributed by atoms with E-state index in [0.717, 1.165) is 37.2 Å². The lowest BCUT2D eigenvalue weighted by molar-refractivity contribution is 0.380. The number of aromatic nitrogens is 1. The molecule has 28 heavy (non-hydrogen) atoms. The first-order valence-corrected chi connectivity index (χ1v) is 11.1. The highest BCUT2D eigenvalue weighted by Gasteiger charge is 2.20.